The number of carbonyl (C=O) groups is 2. The number of hydrogen-bond donors (Lipinski definition) is 2. The highest BCUT2D eigenvalue weighted by molar-refractivity contribution is 7.22. The summed E-state index contributed by atoms with van der Waals surface area (Å²) in [5, 5.41) is 22.1. The summed E-state index contributed by atoms with van der Waals surface area (Å²) in [6.45, 7) is 2.02. The molecule has 10 heteroatoms. The molecule has 1 atom stereocenters. The Kier molecular flexibility index (Phi) is 6.11. The van der Waals surface area contributed by atoms with Crippen molar-refractivity contribution in [1.29, 1.82) is 0 Å². The van der Waals surface area contributed by atoms with E-state index in [1.807, 2.05) is 0 Å². The first-order valence-electron chi connectivity index (χ1n) is 10.9. The van der Waals surface area contributed by atoms with Crippen LogP contribution in [0.2, 0.25) is 5.02 Å². The van der Waals surface area contributed by atoms with Crippen molar-refractivity contribution in [3.63, 3.8) is 0 Å². The lowest BCUT2D eigenvalue weighted by molar-refractivity contribution is -0.132. The van der Waals surface area contributed by atoms with Crippen LogP contribution in [-0.2, 0) is 9.59 Å². The number of anilines is 1. The zero-order valence-corrected chi connectivity index (χ0v) is 20.3. The van der Waals surface area contributed by atoms with Crippen LogP contribution in [0.25, 0.3) is 16.0 Å². The minimum atomic E-state index is -1.09. The number of Topliss-reactive ketones (excluding diaryl/α,β-unsaturated/α-hetero) is 1. The van der Waals surface area contributed by atoms with E-state index in [1.165, 1.54) is 35.2 Å². The van der Waals surface area contributed by atoms with Crippen molar-refractivity contribution in [3.8, 4) is 11.5 Å². The number of fused-ring (bicyclic) bond motifs is 1. The van der Waals surface area contributed by atoms with Crippen LogP contribution in [-0.4, -0.2) is 33.5 Å². The summed E-state index contributed by atoms with van der Waals surface area (Å²) in [4.78, 5) is 32.4. The minimum absolute atomic E-state index is 0.120. The summed E-state index contributed by atoms with van der Waals surface area (Å²) < 4.78 is 19.7. The third-order valence-corrected chi connectivity index (χ3v) is 6.96. The lowest BCUT2D eigenvalue weighted by Crippen LogP contribution is -2.29. The Bertz CT molecular complexity index is 1550. The second-order valence-corrected chi connectivity index (χ2v) is 9.39. The van der Waals surface area contributed by atoms with Gasteiger partial charge in [-0.25, -0.2) is 9.37 Å². The van der Waals surface area contributed by atoms with E-state index in [1.54, 1.807) is 25.1 Å². The lowest BCUT2D eigenvalue weighted by atomic mass is 9.95. The second kappa shape index (κ2) is 9.25. The zero-order valence-electron chi connectivity index (χ0n) is 18.7. The molecule has 1 aliphatic rings. The average molecular weight is 525 g/mol. The average Bonchev–Trinajstić information content (AvgIpc) is 3.38. The molecule has 0 saturated carbocycles. The van der Waals surface area contributed by atoms with Gasteiger partial charge in [0.1, 0.15) is 11.6 Å². The van der Waals surface area contributed by atoms with Gasteiger partial charge in [0.05, 0.1) is 28.4 Å². The number of benzene rings is 3. The summed E-state index contributed by atoms with van der Waals surface area (Å²) in [6, 6.07) is 13.3. The molecule has 3 aromatic carbocycles. The molecule has 0 aliphatic carbocycles. The van der Waals surface area contributed by atoms with E-state index in [0.717, 1.165) is 23.5 Å². The van der Waals surface area contributed by atoms with Gasteiger partial charge in [-0.3, -0.25) is 14.5 Å². The molecule has 1 unspecified atom stereocenters. The summed E-state index contributed by atoms with van der Waals surface area (Å²) >= 11 is 7.27. The van der Waals surface area contributed by atoms with Gasteiger partial charge in [-0.15, -0.1) is 0 Å². The van der Waals surface area contributed by atoms with Gasteiger partial charge in [-0.1, -0.05) is 29.0 Å². The first-order chi connectivity index (χ1) is 17.3. The highest BCUT2D eigenvalue weighted by Gasteiger charge is 2.48. The number of ether oxygens (including phenoxy) is 1. The number of aromatic hydroxyl groups is 1. The number of carbonyl (C=O) groups excluding carboxylic acids is 2. The Hall–Kier alpha value is -3.95. The molecular weight excluding hydrogens is 507 g/mol. The molecule has 182 valence electrons. The molecule has 0 bridgehead atoms. The van der Waals surface area contributed by atoms with Gasteiger partial charge in [0.15, 0.2) is 16.6 Å². The van der Waals surface area contributed by atoms with E-state index < -0.39 is 29.3 Å². The number of halogens is 2. The molecule has 1 saturated heterocycles. The van der Waals surface area contributed by atoms with Crippen molar-refractivity contribution in [2.75, 3.05) is 11.5 Å². The number of ketones is 1. The fraction of sp³-hybridized carbons (Fsp3) is 0.115. The van der Waals surface area contributed by atoms with Gasteiger partial charge < -0.3 is 14.9 Å². The van der Waals surface area contributed by atoms with Gasteiger partial charge in [0.25, 0.3) is 5.78 Å². The van der Waals surface area contributed by atoms with Crippen LogP contribution in [0.1, 0.15) is 24.1 Å². The maximum atomic E-state index is 13.5. The molecule has 1 aromatic heterocycles. The number of aliphatic hydroxyl groups is 1. The van der Waals surface area contributed by atoms with Crippen molar-refractivity contribution < 1.29 is 28.9 Å². The van der Waals surface area contributed by atoms with Crippen LogP contribution in [0.15, 0.2) is 66.2 Å². The van der Waals surface area contributed by atoms with Crippen molar-refractivity contribution >= 4 is 55.7 Å². The molecule has 0 radical (unpaired) electrons. The molecule has 7 nitrogen and oxygen atoms in total. The van der Waals surface area contributed by atoms with Gasteiger partial charge in [-0.05, 0) is 67.1 Å². The molecule has 4 aromatic rings. The molecule has 5 rings (SSSR count). The van der Waals surface area contributed by atoms with E-state index in [9.17, 15) is 24.2 Å². The highest BCUT2D eigenvalue weighted by atomic mass is 35.5. The zero-order chi connectivity index (χ0) is 25.6. The summed E-state index contributed by atoms with van der Waals surface area (Å²) in [5.74, 6) is -2.76. The molecular formula is C26H18ClFN2O5S. The Morgan fingerprint density at radius 2 is 1.89 bits per heavy atom. The third kappa shape index (κ3) is 4.06. The van der Waals surface area contributed by atoms with Crippen LogP contribution >= 0.6 is 22.9 Å². The number of thiazole rings is 1. The Labute approximate surface area is 213 Å². The number of aliphatic hydroxyl groups excluding tert-OH is 1. The number of nitrogens with zero attached hydrogens (tertiary/aromatic N) is 2. The van der Waals surface area contributed by atoms with E-state index >= 15 is 0 Å². The first-order valence-corrected chi connectivity index (χ1v) is 12.1. The number of amides is 1. The van der Waals surface area contributed by atoms with Crippen molar-refractivity contribution in [1.82, 2.24) is 4.98 Å². The van der Waals surface area contributed by atoms with E-state index in [4.69, 9.17) is 16.3 Å². The van der Waals surface area contributed by atoms with Crippen molar-refractivity contribution in [3.05, 3.63) is 88.2 Å². The number of phenols is 1. The fourth-order valence-corrected chi connectivity index (χ4v) is 5.34. The van der Waals surface area contributed by atoms with Gasteiger partial charge in [-0.2, -0.15) is 0 Å². The number of rotatable bonds is 5. The van der Waals surface area contributed by atoms with Crippen LogP contribution < -0.4 is 9.64 Å². The fourth-order valence-electron chi connectivity index (χ4n) is 4.07. The largest absolute Gasteiger partial charge is 0.507 e. The maximum absolute atomic E-state index is 13.5. The summed E-state index contributed by atoms with van der Waals surface area (Å²) in [5.41, 5.74) is 0.951. The van der Waals surface area contributed by atoms with Gasteiger partial charge in [0, 0.05) is 10.6 Å². The topological polar surface area (TPSA) is 100.0 Å². The minimum Gasteiger partial charge on any atom is -0.507 e. The number of hydrogen-bond acceptors (Lipinski definition) is 7. The maximum Gasteiger partial charge on any atom is 0.301 e. The monoisotopic (exact) mass is 524 g/mol. The van der Waals surface area contributed by atoms with Gasteiger partial charge in [0.2, 0.25) is 0 Å². The standard InChI is InChI=1S/C26H18ClFN2O5S/c1-2-35-19-11-14(5-10-18(19)31)22-21(23(32)13-3-7-16(28)8-4-13)24(33)25(34)30(22)26-29-17-9-6-15(27)12-20(17)36-26/h3-12,22,31-32H,2H2,1H3/b23-21+. The van der Waals surface area contributed by atoms with E-state index in [-0.39, 0.29) is 34.4 Å². The number of phenolic OH excluding ortho intramolecular Hbond substituents is 1. The van der Waals surface area contributed by atoms with Crippen LogP contribution in [0.5, 0.6) is 11.5 Å². The van der Waals surface area contributed by atoms with Crippen LogP contribution in [0.3, 0.4) is 0 Å². The molecule has 2 N–H and O–H groups in total. The SMILES string of the molecule is CCOc1cc(C2/C(=C(\O)c3ccc(F)cc3)C(=O)C(=O)N2c2nc3ccc(Cl)cc3s2)ccc1O. The predicted molar refractivity (Wildman–Crippen MR) is 135 cm³/mol. The molecule has 1 fully saturated rings. The smallest absolute Gasteiger partial charge is 0.301 e. The first kappa shape index (κ1) is 23.8. The summed E-state index contributed by atoms with van der Waals surface area (Å²) in [7, 11) is 0. The second-order valence-electron chi connectivity index (χ2n) is 7.94. The van der Waals surface area contributed by atoms with Crippen LogP contribution in [0, 0.1) is 5.82 Å². The highest BCUT2D eigenvalue weighted by Crippen LogP contribution is 2.46. The Balaban J connectivity index is 1.74. The van der Waals surface area contributed by atoms with E-state index in [2.05, 4.69) is 4.98 Å². The van der Waals surface area contributed by atoms with E-state index in [0.29, 0.717) is 20.8 Å². The van der Waals surface area contributed by atoms with Crippen molar-refractivity contribution in [2.24, 2.45) is 0 Å². The molecule has 2 heterocycles. The Morgan fingerprint density at radius 3 is 2.61 bits per heavy atom. The third-order valence-electron chi connectivity index (χ3n) is 5.71. The Morgan fingerprint density at radius 1 is 1.14 bits per heavy atom. The molecule has 1 amide bonds. The summed E-state index contributed by atoms with van der Waals surface area (Å²) in [6.07, 6.45) is 0. The van der Waals surface area contributed by atoms with Gasteiger partial charge >= 0.3 is 5.91 Å². The quantitative estimate of drug-likeness (QED) is 0.194. The molecule has 1 aliphatic heterocycles. The number of aromatic nitrogens is 1. The molecule has 0 spiro atoms. The normalized spacial score (nSPS) is 17.2. The molecule has 36 heavy (non-hydrogen) atoms. The van der Waals surface area contributed by atoms with Crippen LogP contribution in [0.4, 0.5) is 9.52 Å². The predicted octanol–water partition coefficient (Wildman–Crippen LogP) is 5.82. The lowest BCUT2D eigenvalue weighted by Gasteiger charge is -2.23. The van der Waals surface area contributed by atoms with Crippen molar-refractivity contribution in [2.45, 2.75) is 13.0 Å².